The van der Waals surface area contributed by atoms with Gasteiger partial charge in [0.2, 0.25) is 0 Å². The summed E-state index contributed by atoms with van der Waals surface area (Å²) >= 11 is 0. The van der Waals surface area contributed by atoms with Crippen molar-refractivity contribution in [1.29, 1.82) is 0 Å². The first-order chi connectivity index (χ1) is 19.5. The number of unbranched alkanes of at least 4 members (excludes halogenated alkanes) is 6. The maximum Gasteiger partial charge on any atom is 0.166 e. The van der Waals surface area contributed by atoms with Crippen LogP contribution in [-0.4, -0.2) is 12.7 Å². The van der Waals surface area contributed by atoms with Crippen molar-refractivity contribution in [3.05, 3.63) is 95.8 Å². The Labute approximate surface area is 238 Å². The number of hydrogen-bond donors (Lipinski definition) is 0. The minimum absolute atomic E-state index is 0.192. The van der Waals surface area contributed by atoms with Crippen LogP contribution in [0.4, 0.5) is 13.2 Å². The predicted molar refractivity (Wildman–Crippen MR) is 160 cm³/mol. The second-order valence-corrected chi connectivity index (χ2v) is 11.2. The molecule has 1 aliphatic heterocycles. The Balaban J connectivity index is 1.37. The third kappa shape index (κ3) is 7.87. The van der Waals surface area contributed by atoms with Crippen molar-refractivity contribution in [1.82, 2.24) is 0 Å². The van der Waals surface area contributed by atoms with Crippen LogP contribution in [0.2, 0.25) is 0 Å². The van der Waals surface area contributed by atoms with Crippen LogP contribution in [0.25, 0.3) is 22.3 Å². The van der Waals surface area contributed by atoms with Crippen LogP contribution in [0.1, 0.15) is 94.6 Å². The second-order valence-electron chi connectivity index (χ2n) is 11.2. The van der Waals surface area contributed by atoms with E-state index in [1.807, 2.05) is 18.2 Å². The van der Waals surface area contributed by atoms with E-state index in [2.05, 4.69) is 13.5 Å². The summed E-state index contributed by atoms with van der Waals surface area (Å²) in [7, 11) is 0. The molecule has 2 atom stereocenters. The lowest BCUT2D eigenvalue weighted by Gasteiger charge is -2.29. The van der Waals surface area contributed by atoms with Gasteiger partial charge in [-0.05, 0) is 66.8 Å². The minimum Gasteiger partial charge on any atom is -0.378 e. The molecule has 1 saturated heterocycles. The average molecular weight is 549 g/mol. The van der Waals surface area contributed by atoms with Crippen molar-refractivity contribution in [3.8, 4) is 22.3 Å². The van der Waals surface area contributed by atoms with Crippen LogP contribution in [-0.2, 0) is 11.2 Å². The topological polar surface area (TPSA) is 9.23 Å². The Hall–Kier alpha value is -2.85. The Kier molecular flexibility index (Phi) is 11.5. The molecule has 0 radical (unpaired) electrons. The molecule has 0 spiro atoms. The normalized spacial score (nSPS) is 17.2. The molecule has 0 bridgehead atoms. The van der Waals surface area contributed by atoms with Gasteiger partial charge in [-0.2, -0.15) is 0 Å². The van der Waals surface area contributed by atoms with E-state index in [9.17, 15) is 4.39 Å². The van der Waals surface area contributed by atoms with E-state index in [-0.39, 0.29) is 23.4 Å². The number of rotatable bonds is 14. The van der Waals surface area contributed by atoms with Crippen LogP contribution in [0, 0.1) is 17.5 Å². The van der Waals surface area contributed by atoms with Crippen LogP contribution >= 0.6 is 0 Å². The molecule has 40 heavy (non-hydrogen) atoms. The number of benzene rings is 3. The number of allylic oxidation sites excluding steroid dienone is 1. The smallest absolute Gasteiger partial charge is 0.166 e. The zero-order valence-corrected chi connectivity index (χ0v) is 23.9. The van der Waals surface area contributed by atoms with Gasteiger partial charge in [-0.1, -0.05) is 100 Å². The summed E-state index contributed by atoms with van der Waals surface area (Å²) in [6.07, 6.45) is 14.6. The zero-order valence-electron chi connectivity index (χ0n) is 23.9. The average Bonchev–Trinajstić information content (AvgIpc) is 2.98. The summed E-state index contributed by atoms with van der Waals surface area (Å²) in [6.45, 7) is 6.57. The number of hydrogen-bond acceptors (Lipinski definition) is 1. The van der Waals surface area contributed by atoms with Gasteiger partial charge in [0.25, 0.3) is 0 Å². The van der Waals surface area contributed by atoms with Crippen molar-refractivity contribution in [3.63, 3.8) is 0 Å². The third-order valence-corrected chi connectivity index (χ3v) is 8.25. The Bertz CT molecular complexity index is 1230. The van der Waals surface area contributed by atoms with E-state index in [1.54, 1.807) is 42.5 Å². The molecule has 214 valence electrons. The monoisotopic (exact) mass is 548 g/mol. The Morgan fingerprint density at radius 1 is 0.800 bits per heavy atom. The van der Waals surface area contributed by atoms with Crippen molar-refractivity contribution in [2.24, 2.45) is 0 Å². The molecule has 1 fully saturated rings. The molecule has 0 amide bonds. The Morgan fingerprint density at radius 2 is 1.48 bits per heavy atom. The lowest BCUT2D eigenvalue weighted by Crippen LogP contribution is -2.24. The van der Waals surface area contributed by atoms with E-state index >= 15 is 8.78 Å². The van der Waals surface area contributed by atoms with E-state index in [4.69, 9.17) is 4.74 Å². The second kappa shape index (κ2) is 15.2. The van der Waals surface area contributed by atoms with Crippen LogP contribution in [0.15, 0.2) is 67.3 Å². The molecule has 0 N–H and O–H groups in total. The van der Waals surface area contributed by atoms with E-state index in [0.29, 0.717) is 35.3 Å². The first-order valence-electron chi connectivity index (χ1n) is 15.1. The number of ether oxygens (including phenoxy) is 1. The van der Waals surface area contributed by atoms with Gasteiger partial charge in [0, 0.05) is 17.0 Å². The summed E-state index contributed by atoms with van der Waals surface area (Å²) in [4.78, 5) is 0. The molecule has 4 heteroatoms. The van der Waals surface area contributed by atoms with Crippen molar-refractivity contribution < 1.29 is 17.9 Å². The molecule has 0 aromatic heterocycles. The lowest BCUT2D eigenvalue weighted by molar-refractivity contribution is -0.000212. The lowest BCUT2D eigenvalue weighted by atomic mass is 9.89. The van der Waals surface area contributed by atoms with Crippen molar-refractivity contribution >= 4 is 0 Å². The van der Waals surface area contributed by atoms with Gasteiger partial charge >= 0.3 is 0 Å². The maximum atomic E-state index is 15.2. The fourth-order valence-electron chi connectivity index (χ4n) is 5.73. The van der Waals surface area contributed by atoms with Gasteiger partial charge in [-0.25, -0.2) is 13.2 Å². The van der Waals surface area contributed by atoms with Gasteiger partial charge in [-0.3, -0.25) is 0 Å². The fourth-order valence-corrected chi connectivity index (χ4v) is 5.73. The van der Waals surface area contributed by atoms with E-state index in [0.717, 1.165) is 50.5 Å². The standard InChI is InChI=1S/C36H43F3O/c1-3-5-7-8-9-10-11-12-28-19-23-33(36(39)35(28)38)27-16-14-26(15-17-27)32-22-20-29(24-34(32)37)30-18-21-31(40-25-30)13-6-4-2/h4,14-17,19-20,22-24,30-31H,2-3,5-13,18,21,25H2,1H3. The number of halogens is 3. The fraction of sp³-hybridized carbons (Fsp3) is 0.444. The molecule has 2 unspecified atom stereocenters. The molecule has 1 nitrogen and oxygen atoms in total. The number of aryl methyl sites for hydroxylation is 1. The molecule has 0 aliphatic carbocycles. The van der Waals surface area contributed by atoms with Crippen LogP contribution in [0.5, 0.6) is 0 Å². The highest BCUT2D eigenvalue weighted by Gasteiger charge is 2.23. The summed E-state index contributed by atoms with van der Waals surface area (Å²) in [5.74, 6) is -1.67. The molecule has 4 rings (SSSR count). The van der Waals surface area contributed by atoms with Crippen LogP contribution in [0.3, 0.4) is 0 Å². The summed E-state index contributed by atoms with van der Waals surface area (Å²) < 4.78 is 51.0. The maximum absolute atomic E-state index is 15.2. The SMILES string of the molecule is C=CCCC1CCC(c2ccc(-c3ccc(-c4ccc(CCCCCCCCC)c(F)c4F)cc3)c(F)c2)CO1. The zero-order chi connectivity index (χ0) is 28.3. The van der Waals surface area contributed by atoms with Crippen molar-refractivity contribution in [2.45, 2.75) is 96.0 Å². The molecule has 1 heterocycles. The summed E-state index contributed by atoms with van der Waals surface area (Å²) in [5, 5.41) is 0. The van der Waals surface area contributed by atoms with Gasteiger partial charge in [0.15, 0.2) is 11.6 Å². The first-order valence-corrected chi connectivity index (χ1v) is 15.1. The summed E-state index contributed by atoms with van der Waals surface area (Å²) in [6, 6.07) is 15.8. The summed E-state index contributed by atoms with van der Waals surface area (Å²) in [5.41, 5.74) is 3.39. The van der Waals surface area contributed by atoms with E-state index < -0.39 is 11.6 Å². The van der Waals surface area contributed by atoms with Gasteiger partial charge in [-0.15, -0.1) is 6.58 Å². The first kappa shape index (κ1) is 30.1. The Morgan fingerprint density at radius 3 is 2.12 bits per heavy atom. The molecular formula is C36H43F3O. The molecule has 0 saturated carbocycles. The van der Waals surface area contributed by atoms with Crippen molar-refractivity contribution in [2.75, 3.05) is 6.61 Å². The largest absolute Gasteiger partial charge is 0.378 e. The van der Waals surface area contributed by atoms with Gasteiger partial charge in [0.05, 0.1) is 12.7 Å². The highest BCUT2D eigenvalue weighted by atomic mass is 19.2. The highest BCUT2D eigenvalue weighted by Crippen LogP contribution is 2.34. The molecular weight excluding hydrogens is 505 g/mol. The van der Waals surface area contributed by atoms with Crippen LogP contribution < -0.4 is 0 Å². The minimum atomic E-state index is -0.815. The van der Waals surface area contributed by atoms with E-state index in [1.165, 1.54) is 25.7 Å². The predicted octanol–water partition coefficient (Wildman–Crippen LogP) is 11.0. The van der Waals surface area contributed by atoms with Gasteiger partial charge < -0.3 is 4.74 Å². The molecule has 1 aliphatic rings. The quantitative estimate of drug-likeness (QED) is 0.144. The highest BCUT2D eigenvalue weighted by molar-refractivity contribution is 5.71. The molecule has 3 aromatic rings. The third-order valence-electron chi connectivity index (χ3n) is 8.25. The van der Waals surface area contributed by atoms with Gasteiger partial charge in [0.1, 0.15) is 5.82 Å². The molecule has 3 aromatic carbocycles.